The molecular weight excluding hydrogens is 487 g/mol. The van der Waals surface area contributed by atoms with Gasteiger partial charge in [0.2, 0.25) is 8.32 Å². The normalized spacial score (nSPS) is 21.0. The van der Waals surface area contributed by atoms with Crippen LogP contribution in [0.4, 0.5) is 0 Å². The minimum absolute atomic E-state index is 0.0519. The standard InChI is InChI=1S/C27H53BO6Si2/c1-9-10-13-16-23-19-20-26(33-28(2)32-23)24(25(29)21-22-31-35(3,4)5)17-14-11-12-15-18-27(30)34-36(6,7)8/h11,14,19-20,23-26,29H,9-10,12-13,15-18,21-22H2,1-8H3/b14-11-/t23-,24-,25-,26-/m0/s1. The van der Waals surface area contributed by atoms with Crippen LogP contribution in [0.5, 0.6) is 0 Å². The Bertz CT molecular complexity index is 674. The van der Waals surface area contributed by atoms with Crippen molar-refractivity contribution in [3.8, 4) is 0 Å². The highest BCUT2D eigenvalue weighted by Gasteiger charge is 2.32. The van der Waals surface area contributed by atoms with Gasteiger partial charge in [-0.05, 0) is 78.2 Å². The number of allylic oxidation sites excluding steroid dienone is 2. The number of hydrogen-bond acceptors (Lipinski definition) is 6. The molecule has 1 aliphatic rings. The van der Waals surface area contributed by atoms with E-state index in [2.05, 4.69) is 50.9 Å². The topological polar surface area (TPSA) is 74.2 Å². The van der Waals surface area contributed by atoms with Crippen molar-refractivity contribution >= 4 is 29.7 Å². The van der Waals surface area contributed by atoms with Crippen LogP contribution in [0.25, 0.3) is 0 Å². The Labute approximate surface area is 223 Å². The molecule has 0 saturated heterocycles. The maximum Gasteiger partial charge on any atom is 0.454 e. The van der Waals surface area contributed by atoms with Gasteiger partial charge in [0.1, 0.15) is 0 Å². The zero-order chi connectivity index (χ0) is 27.2. The Balaban J connectivity index is 2.75. The molecule has 1 rings (SSSR count). The van der Waals surface area contributed by atoms with Crippen LogP contribution in [0.15, 0.2) is 24.3 Å². The second-order valence-corrected chi connectivity index (χ2v) is 20.8. The molecular formula is C27H53BO6Si2. The van der Waals surface area contributed by atoms with Gasteiger partial charge in [0.15, 0.2) is 8.32 Å². The summed E-state index contributed by atoms with van der Waals surface area (Å²) in [6, 6.07) is 0. The van der Waals surface area contributed by atoms with E-state index in [4.69, 9.17) is 18.2 Å². The molecule has 0 aromatic rings. The Morgan fingerprint density at radius 2 is 1.78 bits per heavy atom. The van der Waals surface area contributed by atoms with Crippen molar-refractivity contribution in [2.24, 2.45) is 5.92 Å². The first-order valence-corrected chi connectivity index (χ1v) is 20.8. The van der Waals surface area contributed by atoms with Crippen LogP contribution in [-0.2, 0) is 23.0 Å². The second kappa shape index (κ2) is 17.0. The molecule has 0 aromatic carbocycles. The lowest BCUT2D eigenvalue weighted by molar-refractivity contribution is -0.135. The Morgan fingerprint density at radius 3 is 2.42 bits per heavy atom. The van der Waals surface area contributed by atoms with Crippen LogP contribution in [0.2, 0.25) is 46.1 Å². The van der Waals surface area contributed by atoms with Crippen molar-refractivity contribution in [3.05, 3.63) is 24.3 Å². The van der Waals surface area contributed by atoms with Gasteiger partial charge >= 0.3 is 7.12 Å². The first-order chi connectivity index (χ1) is 16.8. The summed E-state index contributed by atoms with van der Waals surface area (Å²) in [5.74, 6) is -0.197. The molecule has 0 aromatic heterocycles. The van der Waals surface area contributed by atoms with Crippen LogP contribution in [0.1, 0.15) is 64.7 Å². The van der Waals surface area contributed by atoms with Gasteiger partial charge in [0.25, 0.3) is 5.97 Å². The van der Waals surface area contributed by atoms with Gasteiger partial charge in [-0.2, -0.15) is 0 Å². The lowest BCUT2D eigenvalue weighted by atomic mass is 9.87. The molecule has 1 N–H and O–H groups in total. The molecule has 0 saturated carbocycles. The molecule has 0 amide bonds. The molecule has 0 spiro atoms. The zero-order valence-electron chi connectivity index (χ0n) is 24.3. The van der Waals surface area contributed by atoms with Crippen LogP contribution in [0, 0.1) is 5.92 Å². The maximum absolute atomic E-state index is 11.9. The number of rotatable bonds is 17. The van der Waals surface area contributed by atoms with Gasteiger partial charge in [-0.25, -0.2) is 0 Å². The van der Waals surface area contributed by atoms with Crippen molar-refractivity contribution in [2.75, 3.05) is 6.61 Å². The number of carbonyl (C=O) groups is 1. The smallest absolute Gasteiger partial charge is 0.454 e. The van der Waals surface area contributed by atoms with E-state index >= 15 is 0 Å². The van der Waals surface area contributed by atoms with Crippen LogP contribution < -0.4 is 0 Å². The Kier molecular flexibility index (Phi) is 15.7. The van der Waals surface area contributed by atoms with E-state index in [1.165, 1.54) is 12.8 Å². The first kappa shape index (κ1) is 33.3. The van der Waals surface area contributed by atoms with E-state index in [9.17, 15) is 9.90 Å². The molecule has 36 heavy (non-hydrogen) atoms. The van der Waals surface area contributed by atoms with E-state index < -0.39 is 22.7 Å². The summed E-state index contributed by atoms with van der Waals surface area (Å²) >= 11 is 0. The van der Waals surface area contributed by atoms with Crippen molar-refractivity contribution in [1.29, 1.82) is 0 Å². The lowest BCUT2D eigenvalue weighted by Gasteiger charge is -2.30. The molecule has 4 atom stereocenters. The first-order valence-electron chi connectivity index (χ1n) is 14.0. The van der Waals surface area contributed by atoms with Gasteiger partial charge in [0.05, 0.1) is 18.3 Å². The van der Waals surface area contributed by atoms with Crippen molar-refractivity contribution in [3.63, 3.8) is 0 Å². The number of carbonyl (C=O) groups excluding carboxylic acids is 1. The van der Waals surface area contributed by atoms with Crippen molar-refractivity contribution in [1.82, 2.24) is 0 Å². The Morgan fingerprint density at radius 1 is 1.06 bits per heavy atom. The van der Waals surface area contributed by atoms with E-state index in [1.54, 1.807) is 0 Å². The number of aliphatic hydroxyl groups is 1. The Hall–Kier alpha value is -0.711. The monoisotopic (exact) mass is 540 g/mol. The quantitative estimate of drug-likeness (QED) is 0.125. The van der Waals surface area contributed by atoms with E-state index in [0.717, 1.165) is 25.7 Å². The van der Waals surface area contributed by atoms with Gasteiger partial charge in [-0.1, -0.05) is 50.5 Å². The van der Waals surface area contributed by atoms with Gasteiger partial charge < -0.3 is 23.3 Å². The molecule has 208 valence electrons. The number of hydrogen-bond donors (Lipinski definition) is 1. The van der Waals surface area contributed by atoms with E-state index in [1.807, 2.05) is 26.5 Å². The largest absolute Gasteiger partial charge is 0.520 e. The highest BCUT2D eigenvalue weighted by atomic mass is 28.4. The van der Waals surface area contributed by atoms with Crippen LogP contribution in [-0.4, -0.2) is 59.7 Å². The SMILES string of the molecule is CCCCC[C@H]1C=C[C@@H]([C@@H](C/C=C\CCCC(=O)O[Si](C)(C)C)[C@@H](O)CCO[Si](C)(C)C)OB(C)O1. The molecule has 9 heteroatoms. The fraction of sp³-hybridized carbons (Fsp3) is 0.815. The fourth-order valence-corrected chi connectivity index (χ4v) is 5.68. The number of aliphatic hydroxyl groups excluding tert-OH is 1. The minimum atomic E-state index is -1.82. The third-order valence-electron chi connectivity index (χ3n) is 5.93. The summed E-state index contributed by atoms with van der Waals surface area (Å²) in [6.07, 6.45) is 15.5. The molecule has 0 fully saturated rings. The van der Waals surface area contributed by atoms with Crippen LogP contribution in [0.3, 0.4) is 0 Å². The highest BCUT2D eigenvalue weighted by Crippen LogP contribution is 2.26. The zero-order valence-corrected chi connectivity index (χ0v) is 26.3. The molecule has 0 unspecified atom stereocenters. The molecule has 0 bridgehead atoms. The third-order valence-corrected chi connectivity index (χ3v) is 7.84. The molecule has 1 aliphatic heterocycles. The molecule has 1 heterocycles. The lowest BCUT2D eigenvalue weighted by Crippen LogP contribution is -2.37. The average molecular weight is 541 g/mol. The summed E-state index contributed by atoms with van der Waals surface area (Å²) < 4.78 is 23.9. The number of unbranched alkanes of at least 4 members (excludes halogenated alkanes) is 3. The molecule has 0 radical (unpaired) electrons. The van der Waals surface area contributed by atoms with Gasteiger partial charge in [-0.15, -0.1) is 0 Å². The fourth-order valence-electron chi connectivity index (χ4n) is 4.17. The van der Waals surface area contributed by atoms with Crippen molar-refractivity contribution < 1.29 is 28.1 Å². The summed E-state index contributed by atoms with van der Waals surface area (Å²) in [4.78, 5) is 11.9. The summed E-state index contributed by atoms with van der Waals surface area (Å²) in [6.45, 7) is 17.3. The predicted octanol–water partition coefficient (Wildman–Crippen LogP) is 6.74. The minimum Gasteiger partial charge on any atom is -0.520 e. The average Bonchev–Trinajstić information content (AvgIpc) is 2.92. The summed E-state index contributed by atoms with van der Waals surface area (Å²) in [7, 11) is -3.78. The predicted molar refractivity (Wildman–Crippen MR) is 155 cm³/mol. The van der Waals surface area contributed by atoms with Crippen molar-refractivity contribution in [2.45, 2.75) is 129 Å². The van der Waals surface area contributed by atoms with E-state index in [0.29, 0.717) is 25.9 Å². The molecule has 0 aliphatic carbocycles. The maximum atomic E-state index is 11.9. The van der Waals surface area contributed by atoms with Crippen LogP contribution >= 0.6 is 0 Å². The van der Waals surface area contributed by atoms with Gasteiger partial charge in [0, 0.05) is 18.9 Å². The highest BCUT2D eigenvalue weighted by molar-refractivity contribution is 6.71. The summed E-state index contributed by atoms with van der Waals surface area (Å²) in [5.41, 5.74) is 0. The van der Waals surface area contributed by atoms with E-state index in [-0.39, 0.29) is 31.2 Å². The third kappa shape index (κ3) is 16.2. The van der Waals surface area contributed by atoms with Gasteiger partial charge in [-0.3, -0.25) is 4.79 Å². The molecule has 6 nitrogen and oxygen atoms in total. The second-order valence-electron chi connectivity index (χ2n) is 11.9. The summed E-state index contributed by atoms with van der Waals surface area (Å²) in [5, 5.41) is 11.1.